The van der Waals surface area contributed by atoms with Crippen molar-refractivity contribution in [1.82, 2.24) is 0 Å². The van der Waals surface area contributed by atoms with E-state index in [4.69, 9.17) is 4.74 Å². The van der Waals surface area contributed by atoms with Crippen LogP contribution in [0.15, 0.2) is 57.8 Å². The molecule has 3 nitrogen and oxygen atoms in total. The Bertz CT molecular complexity index is 589. The molecule has 0 spiro atoms. The topological polar surface area (TPSA) is 38.7 Å². The van der Waals surface area contributed by atoms with E-state index in [1.807, 2.05) is 55.5 Å². The first kappa shape index (κ1) is 13.5. The lowest BCUT2D eigenvalue weighted by molar-refractivity contribution is 0.415. The van der Waals surface area contributed by atoms with Crippen LogP contribution in [0, 0.1) is 6.92 Å². The highest BCUT2D eigenvalue weighted by Crippen LogP contribution is 2.12. The molecule has 19 heavy (non-hydrogen) atoms. The van der Waals surface area contributed by atoms with Gasteiger partial charge in [0.15, 0.2) is 11.0 Å². The highest BCUT2D eigenvalue weighted by atomic mass is 32.2. The van der Waals surface area contributed by atoms with Crippen molar-refractivity contribution in [3.8, 4) is 5.75 Å². The van der Waals surface area contributed by atoms with Crippen molar-refractivity contribution in [3.05, 3.63) is 59.7 Å². The van der Waals surface area contributed by atoms with E-state index < -0.39 is 11.0 Å². The third kappa shape index (κ3) is 3.76. The molecule has 0 fully saturated rings. The standard InChI is InChI=1S/C15H15NO2S/c1-12-3-9-15(10-4-12)19(17)16-11-13-5-7-14(18-2)8-6-13/h3-11H,1-2H3/b16-11+/t19-/m1/s1. The molecule has 0 unspecified atom stereocenters. The summed E-state index contributed by atoms with van der Waals surface area (Å²) in [6.07, 6.45) is 1.61. The van der Waals surface area contributed by atoms with Crippen LogP contribution in [-0.4, -0.2) is 17.5 Å². The first-order valence-corrected chi connectivity index (χ1v) is 6.96. The third-order valence-corrected chi connectivity index (χ3v) is 3.61. The maximum absolute atomic E-state index is 11.9. The number of nitrogens with zero attached hydrogens (tertiary/aromatic N) is 1. The molecule has 0 radical (unpaired) electrons. The Hall–Kier alpha value is -1.94. The molecule has 2 rings (SSSR count). The van der Waals surface area contributed by atoms with Gasteiger partial charge in [0, 0.05) is 6.21 Å². The lowest BCUT2D eigenvalue weighted by Crippen LogP contribution is -1.89. The van der Waals surface area contributed by atoms with Crippen molar-refractivity contribution < 1.29 is 8.95 Å². The Kier molecular flexibility index (Phi) is 4.47. The Morgan fingerprint density at radius 1 is 1.05 bits per heavy atom. The summed E-state index contributed by atoms with van der Waals surface area (Å²) in [6.45, 7) is 1.99. The van der Waals surface area contributed by atoms with Gasteiger partial charge in [0.25, 0.3) is 0 Å². The number of aryl methyl sites for hydroxylation is 1. The van der Waals surface area contributed by atoms with Gasteiger partial charge in [-0.15, -0.1) is 0 Å². The van der Waals surface area contributed by atoms with Gasteiger partial charge >= 0.3 is 0 Å². The van der Waals surface area contributed by atoms with Gasteiger partial charge in [-0.1, -0.05) is 17.7 Å². The number of hydrogen-bond acceptors (Lipinski definition) is 2. The Morgan fingerprint density at radius 2 is 1.68 bits per heavy atom. The molecule has 0 aliphatic carbocycles. The van der Waals surface area contributed by atoms with Crippen LogP contribution in [0.5, 0.6) is 5.75 Å². The van der Waals surface area contributed by atoms with Gasteiger partial charge in [0.1, 0.15) is 5.75 Å². The molecule has 98 valence electrons. The van der Waals surface area contributed by atoms with Gasteiger partial charge in [0.2, 0.25) is 0 Å². The quantitative estimate of drug-likeness (QED) is 0.803. The second-order valence-corrected chi connectivity index (χ2v) is 5.25. The summed E-state index contributed by atoms with van der Waals surface area (Å²) in [4.78, 5) is 0.704. The zero-order chi connectivity index (χ0) is 13.7. The normalized spacial score (nSPS) is 12.5. The fourth-order valence-electron chi connectivity index (χ4n) is 1.51. The maximum Gasteiger partial charge on any atom is 0.172 e. The Morgan fingerprint density at radius 3 is 2.26 bits per heavy atom. The molecule has 1 atom stereocenters. The second-order valence-electron chi connectivity index (χ2n) is 4.07. The van der Waals surface area contributed by atoms with E-state index in [2.05, 4.69) is 4.40 Å². The molecule has 0 bridgehead atoms. The van der Waals surface area contributed by atoms with Crippen LogP contribution in [0.1, 0.15) is 11.1 Å². The monoisotopic (exact) mass is 273 g/mol. The molecule has 2 aromatic carbocycles. The summed E-state index contributed by atoms with van der Waals surface area (Å²) in [5, 5.41) is 0. The lowest BCUT2D eigenvalue weighted by Gasteiger charge is -1.99. The Labute approximate surface area is 115 Å². The van der Waals surface area contributed by atoms with Crippen molar-refractivity contribution in [3.63, 3.8) is 0 Å². The van der Waals surface area contributed by atoms with Crippen LogP contribution in [0.2, 0.25) is 0 Å². The summed E-state index contributed by atoms with van der Waals surface area (Å²) >= 11 is 0. The zero-order valence-corrected chi connectivity index (χ0v) is 11.7. The fraction of sp³-hybridized carbons (Fsp3) is 0.133. The van der Waals surface area contributed by atoms with Gasteiger partial charge < -0.3 is 4.74 Å². The molecule has 0 saturated heterocycles. The fourth-order valence-corrected chi connectivity index (χ4v) is 2.22. The van der Waals surface area contributed by atoms with Crippen molar-refractivity contribution in [1.29, 1.82) is 0 Å². The maximum atomic E-state index is 11.9. The van der Waals surface area contributed by atoms with E-state index in [9.17, 15) is 4.21 Å². The first-order valence-electron chi connectivity index (χ1n) is 5.86. The molecular formula is C15H15NO2S. The van der Waals surface area contributed by atoms with Crippen molar-refractivity contribution in [2.75, 3.05) is 7.11 Å². The predicted molar refractivity (Wildman–Crippen MR) is 78.2 cm³/mol. The minimum Gasteiger partial charge on any atom is -0.497 e. The van der Waals surface area contributed by atoms with E-state index in [0.29, 0.717) is 4.90 Å². The number of ether oxygens (including phenoxy) is 1. The van der Waals surface area contributed by atoms with Gasteiger partial charge in [-0.05, 0) is 48.9 Å². The molecule has 0 aliphatic heterocycles. The largest absolute Gasteiger partial charge is 0.497 e. The van der Waals surface area contributed by atoms with Crippen LogP contribution < -0.4 is 4.74 Å². The van der Waals surface area contributed by atoms with Crippen molar-refractivity contribution in [2.45, 2.75) is 11.8 Å². The van der Waals surface area contributed by atoms with Gasteiger partial charge in [-0.25, -0.2) is 4.21 Å². The lowest BCUT2D eigenvalue weighted by atomic mass is 10.2. The number of hydrogen-bond donors (Lipinski definition) is 0. The molecule has 0 aromatic heterocycles. The van der Waals surface area contributed by atoms with E-state index in [1.165, 1.54) is 0 Å². The summed E-state index contributed by atoms with van der Waals surface area (Å²) in [5.74, 6) is 0.789. The predicted octanol–water partition coefficient (Wildman–Crippen LogP) is 3.15. The van der Waals surface area contributed by atoms with E-state index in [-0.39, 0.29) is 0 Å². The van der Waals surface area contributed by atoms with Gasteiger partial charge in [-0.2, -0.15) is 4.40 Å². The molecule has 4 heteroatoms. The van der Waals surface area contributed by atoms with Crippen LogP contribution in [0.25, 0.3) is 0 Å². The van der Waals surface area contributed by atoms with Gasteiger partial charge in [-0.3, -0.25) is 0 Å². The molecule has 0 amide bonds. The minimum absolute atomic E-state index is 0.704. The van der Waals surface area contributed by atoms with Crippen LogP contribution in [0.4, 0.5) is 0 Å². The van der Waals surface area contributed by atoms with Crippen molar-refractivity contribution >= 4 is 17.2 Å². The summed E-state index contributed by atoms with van der Waals surface area (Å²) in [6, 6.07) is 14.9. The van der Waals surface area contributed by atoms with E-state index >= 15 is 0 Å². The highest BCUT2D eigenvalue weighted by Gasteiger charge is 2.00. The number of rotatable bonds is 4. The van der Waals surface area contributed by atoms with Crippen molar-refractivity contribution in [2.24, 2.45) is 4.40 Å². The Balaban J connectivity index is 2.08. The molecular weight excluding hydrogens is 258 g/mol. The van der Waals surface area contributed by atoms with E-state index in [0.717, 1.165) is 16.9 Å². The van der Waals surface area contributed by atoms with Gasteiger partial charge in [0.05, 0.1) is 12.0 Å². The molecule has 0 saturated carbocycles. The van der Waals surface area contributed by atoms with Crippen LogP contribution in [0.3, 0.4) is 0 Å². The average molecular weight is 273 g/mol. The minimum atomic E-state index is -1.36. The third-order valence-electron chi connectivity index (χ3n) is 2.64. The molecule has 0 aliphatic rings. The summed E-state index contributed by atoms with van der Waals surface area (Å²) in [5.41, 5.74) is 2.03. The number of benzene rings is 2. The average Bonchev–Trinajstić information content (AvgIpc) is 2.46. The summed E-state index contributed by atoms with van der Waals surface area (Å²) < 4.78 is 21.1. The molecule has 2 aromatic rings. The van der Waals surface area contributed by atoms with Crippen LogP contribution >= 0.6 is 0 Å². The smallest absolute Gasteiger partial charge is 0.172 e. The van der Waals surface area contributed by atoms with E-state index in [1.54, 1.807) is 13.3 Å². The summed E-state index contributed by atoms with van der Waals surface area (Å²) in [7, 11) is 0.259. The SMILES string of the molecule is COc1ccc(/C=N/[S@](=O)c2ccc(C)cc2)cc1. The second kappa shape index (κ2) is 6.29. The van der Waals surface area contributed by atoms with Crippen LogP contribution in [-0.2, 0) is 11.0 Å². The molecule has 0 N–H and O–H groups in total. The molecule has 0 heterocycles. The highest BCUT2D eigenvalue weighted by molar-refractivity contribution is 7.83. The zero-order valence-electron chi connectivity index (χ0n) is 10.9. The number of methoxy groups -OCH3 is 1. The first-order chi connectivity index (χ1) is 9.19.